The number of aromatic nitrogens is 1. The van der Waals surface area contributed by atoms with E-state index in [1.807, 2.05) is 22.4 Å². The summed E-state index contributed by atoms with van der Waals surface area (Å²) < 4.78 is 44.6. The average molecular weight is 450 g/mol. The number of hydrogen-bond donors (Lipinski definition) is 1. The van der Waals surface area contributed by atoms with Gasteiger partial charge in [0.25, 0.3) is 0 Å². The first-order valence-electron chi connectivity index (χ1n) is 9.77. The van der Waals surface area contributed by atoms with Crippen molar-refractivity contribution in [1.82, 2.24) is 14.8 Å². The lowest BCUT2D eigenvalue weighted by Crippen LogP contribution is -2.48. The third-order valence-electron chi connectivity index (χ3n) is 5.02. The Bertz CT molecular complexity index is 1010. The average Bonchev–Trinajstić information content (AvgIpc) is 3.41. The first-order valence-corrected chi connectivity index (χ1v) is 10.7. The number of carbonyl (C=O) groups is 1. The van der Waals surface area contributed by atoms with Gasteiger partial charge in [0.2, 0.25) is 5.91 Å². The van der Waals surface area contributed by atoms with Gasteiger partial charge in [0.05, 0.1) is 30.6 Å². The summed E-state index contributed by atoms with van der Waals surface area (Å²) in [6.07, 6.45) is -2.90. The molecular weight excluding hydrogens is 429 g/mol. The zero-order valence-corrected chi connectivity index (χ0v) is 17.4. The highest BCUT2D eigenvalue weighted by Crippen LogP contribution is 2.34. The van der Waals surface area contributed by atoms with E-state index in [2.05, 4.69) is 15.2 Å². The summed E-state index contributed by atoms with van der Waals surface area (Å²) in [4.78, 5) is 21.1. The van der Waals surface area contributed by atoms with Crippen LogP contribution in [0, 0.1) is 0 Å². The molecule has 0 spiro atoms. The van der Waals surface area contributed by atoms with E-state index >= 15 is 0 Å². The van der Waals surface area contributed by atoms with Crippen LogP contribution in [0.3, 0.4) is 0 Å². The summed E-state index contributed by atoms with van der Waals surface area (Å²) in [6, 6.07) is 8.70. The van der Waals surface area contributed by atoms with Gasteiger partial charge in [0.15, 0.2) is 5.76 Å². The highest BCUT2D eigenvalue weighted by atomic mass is 32.1. The van der Waals surface area contributed by atoms with Gasteiger partial charge in [0.1, 0.15) is 10.7 Å². The number of rotatable bonds is 6. The van der Waals surface area contributed by atoms with Gasteiger partial charge in [-0.3, -0.25) is 14.6 Å². The van der Waals surface area contributed by atoms with Crippen molar-refractivity contribution in [1.29, 1.82) is 0 Å². The summed E-state index contributed by atoms with van der Waals surface area (Å²) in [5.41, 5.74) is -0.236. The van der Waals surface area contributed by atoms with Crippen LogP contribution in [-0.4, -0.2) is 53.4 Å². The van der Waals surface area contributed by atoms with Crippen molar-refractivity contribution in [2.24, 2.45) is 0 Å². The Morgan fingerprint density at radius 2 is 1.84 bits per heavy atom. The molecule has 0 bridgehead atoms. The minimum absolute atomic E-state index is 0.0555. The van der Waals surface area contributed by atoms with Crippen LogP contribution in [0.2, 0.25) is 0 Å². The van der Waals surface area contributed by atoms with Gasteiger partial charge in [-0.2, -0.15) is 13.2 Å². The number of carbonyl (C=O) groups excluding carboxylic acids is 1. The molecule has 1 aromatic carbocycles. The second-order valence-corrected chi connectivity index (χ2v) is 8.19. The molecule has 1 N–H and O–H groups in total. The molecule has 4 rings (SSSR count). The number of benzene rings is 1. The molecule has 0 unspecified atom stereocenters. The minimum Gasteiger partial charge on any atom is -0.463 e. The number of hydrogen-bond acceptors (Lipinski definition) is 6. The maximum absolute atomic E-state index is 13.1. The van der Waals surface area contributed by atoms with Crippen LogP contribution in [0.5, 0.6) is 0 Å². The topological polar surface area (TPSA) is 61.6 Å². The highest BCUT2D eigenvalue weighted by Gasteiger charge is 2.33. The smallest absolute Gasteiger partial charge is 0.418 e. The molecule has 3 aromatic rings. The normalized spacial score (nSPS) is 15.8. The van der Waals surface area contributed by atoms with Crippen LogP contribution >= 0.6 is 11.3 Å². The molecule has 0 saturated carbocycles. The molecule has 0 radical (unpaired) electrons. The van der Waals surface area contributed by atoms with E-state index in [1.54, 1.807) is 17.6 Å². The molecule has 2 aromatic heterocycles. The molecule has 164 valence electrons. The highest BCUT2D eigenvalue weighted by molar-refractivity contribution is 7.09. The molecule has 0 aliphatic carbocycles. The summed E-state index contributed by atoms with van der Waals surface area (Å²) in [5.74, 6) is 0.290. The van der Waals surface area contributed by atoms with Gasteiger partial charge in [-0.15, -0.1) is 11.3 Å². The van der Waals surface area contributed by atoms with Crippen LogP contribution < -0.4 is 5.32 Å². The Morgan fingerprint density at radius 3 is 2.55 bits per heavy atom. The van der Waals surface area contributed by atoms with Gasteiger partial charge in [-0.05, 0) is 24.3 Å². The van der Waals surface area contributed by atoms with E-state index in [-0.39, 0.29) is 12.2 Å². The number of para-hydroxylation sites is 1. The van der Waals surface area contributed by atoms with Crippen molar-refractivity contribution < 1.29 is 22.4 Å². The molecule has 6 nitrogen and oxygen atoms in total. The standard InChI is InChI=1S/C21H21F3N4O2S/c22-21(23,24)15-4-1-2-5-16(15)25-19(29)12-27-7-9-28(10-8-27)13-20-26-17(14-31-20)18-6-3-11-30-18/h1-6,11,14H,7-10,12-13H2,(H,25,29). The quantitative estimate of drug-likeness (QED) is 0.611. The Morgan fingerprint density at radius 1 is 1.10 bits per heavy atom. The van der Waals surface area contributed by atoms with Crippen molar-refractivity contribution in [3.8, 4) is 11.5 Å². The predicted molar refractivity (Wildman–Crippen MR) is 112 cm³/mol. The van der Waals surface area contributed by atoms with Crippen LogP contribution in [0.25, 0.3) is 11.5 Å². The maximum atomic E-state index is 13.1. The number of alkyl halides is 3. The summed E-state index contributed by atoms with van der Waals surface area (Å²) in [7, 11) is 0. The number of nitrogens with zero attached hydrogens (tertiary/aromatic N) is 3. The number of nitrogens with one attached hydrogen (secondary N) is 1. The van der Waals surface area contributed by atoms with Crippen molar-refractivity contribution in [3.63, 3.8) is 0 Å². The van der Waals surface area contributed by atoms with Crippen LogP contribution in [0.4, 0.5) is 18.9 Å². The molecule has 1 saturated heterocycles. The minimum atomic E-state index is -4.51. The van der Waals surface area contributed by atoms with E-state index in [0.29, 0.717) is 19.6 Å². The second kappa shape index (κ2) is 9.21. The van der Waals surface area contributed by atoms with E-state index in [9.17, 15) is 18.0 Å². The number of piperazine rings is 1. The molecule has 10 heteroatoms. The molecule has 3 heterocycles. The Kier molecular flexibility index (Phi) is 6.40. The van der Waals surface area contributed by atoms with Crippen molar-refractivity contribution in [2.75, 3.05) is 38.0 Å². The molecule has 1 aliphatic rings. The zero-order chi connectivity index (χ0) is 21.8. The van der Waals surface area contributed by atoms with E-state index in [1.165, 1.54) is 18.2 Å². The maximum Gasteiger partial charge on any atom is 0.418 e. The monoisotopic (exact) mass is 450 g/mol. The molecule has 1 fully saturated rings. The summed E-state index contributed by atoms with van der Waals surface area (Å²) in [5, 5.41) is 5.35. The number of furan rings is 1. The Labute approximate surface area is 181 Å². The van der Waals surface area contributed by atoms with Crippen molar-refractivity contribution in [2.45, 2.75) is 12.7 Å². The Hall–Kier alpha value is -2.69. The van der Waals surface area contributed by atoms with Crippen LogP contribution in [0.15, 0.2) is 52.5 Å². The van der Waals surface area contributed by atoms with E-state index in [4.69, 9.17) is 4.42 Å². The SMILES string of the molecule is O=C(CN1CCN(Cc2nc(-c3ccco3)cs2)CC1)Nc1ccccc1C(F)(F)F. The summed E-state index contributed by atoms with van der Waals surface area (Å²) in [6.45, 7) is 3.59. The number of halogens is 3. The fourth-order valence-corrected chi connectivity index (χ4v) is 4.27. The largest absolute Gasteiger partial charge is 0.463 e. The number of thiazole rings is 1. The number of amides is 1. The lowest BCUT2D eigenvalue weighted by molar-refractivity contribution is -0.137. The molecule has 0 atom stereocenters. The van der Waals surface area contributed by atoms with E-state index < -0.39 is 17.6 Å². The van der Waals surface area contributed by atoms with Crippen LogP contribution in [-0.2, 0) is 17.5 Å². The number of anilines is 1. The van der Waals surface area contributed by atoms with Gasteiger partial charge in [0, 0.05) is 31.6 Å². The fraction of sp³-hybridized carbons (Fsp3) is 0.333. The van der Waals surface area contributed by atoms with E-state index in [0.717, 1.165) is 35.6 Å². The van der Waals surface area contributed by atoms with Crippen molar-refractivity contribution >= 4 is 22.9 Å². The molecule has 1 amide bonds. The first kappa shape index (κ1) is 21.5. The third-order valence-corrected chi connectivity index (χ3v) is 5.86. The molecule has 31 heavy (non-hydrogen) atoms. The van der Waals surface area contributed by atoms with Crippen LogP contribution in [0.1, 0.15) is 10.6 Å². The summed E-state index contributed by atoms with van der Waals surface area (Å²) >= 11 is 1.58. The Balaban J connectivity index is 1.26. The van der Waals surface area contributed by atoms with Gasteiger partial charge in [-0.25, -0.2) is 4.98 Å². The lowest BCUT2D eigenvalue weighted by atomic mass is 10.1. The molecule has 1 aliphatic heterocycles. The predicted octanol–water partition coefficient (Wildman–Crippen LogP) is 4.18. The van der Waals surface area contributed by atoms with Gasteiger partial charge < -0.3 is 9.73 Å². The van der Waals surface area contributed by atoms with Gasteiger partial charge >= 0.3 is 6.18 Å². The van der Waals surface area contributed by atoms with Crippen molar-refractivity contribution in [3.05, 3.63) is 58.6 Å². The van der Waals surface area contributed by atoms with Gasteiger partial charge in [-0.1, -0.05) is 12.1 Å². The third kappa shape index (κ3) is 5.52. The lowest BCUT2D eigenvalue weighted by Gasteiger charge is -2.33. The second-order valence-electron chi connectivity index (χ2n) is 7.25. The molecular formula is C21H21F3N4O2S. The fourth-order valence-electron chi connectivity index (χ4n) is 3.45. The zero-order valence-electron chi connectivity index (χ0n) is 16.6. The first-order chi connectivity index (χ1) is 14.9.